The largest absolute Gasteiger partial charge is 0.494 e. The molecule has 0 saturated carbocycles. The van der Waals surface area contributed by atoms with Crippen molar-refractivity contribution < 1.29 is 19.0 Å². The summed E-state index contributed by atoms with van der Waals surface area (Å²) in [5, 5.41) is 2.95. The van der Waals surface area contributed by atoms with Gasteiger partial charge in [-0.3, -0.25) is 4.79 Å². The molecule has 1 amide bonds. The summed E-state index contributed by atoms with van der Waals surface area (Å²) in [7, 11) is 0. The normalized spacial score (nSPS) is 12.5. The Hall–Kier alpha value is -4.00. The molecule has 32 heavy (non-hydrogen) atoms. The van der Waals surface area contributed by atoms with E-state index in [2.05, 4.69) is 15.3 Å². The van der Waals surface area contributed by atoms with Crippen molar-refractivity contribution in [2.24, 2.45) is 0 Å². The standard InChI is InChI=1S/C25H23N3O4/c29-24(10-5-11-30-19-8-2-1-3-9-19)26-18-7-4-6-17(14-18)25-27-20-15-22-23(16-21(20)28-25)32-13-12-31-22/h1-4,6-9,14-16H,5,10-13H2,(H,26,29)(H,27,28). The van der Waals surface area contributed by atoms with Crippen LogP contribution in [0.1, 0.15) is 12.8 Å². The first-order valence-corrected chi connectivity index (χ1v) is 10.6. The van der Waals surface area contributed by atoms with Gasteiger partial charge in [-0.05, 0) is 30.7 Å². The Bertz CT molecular complexity index is 1190. The van der Waals surface area contributed by atoms with Gasteiger partial charge in [-0.1, -0.05) is 30.3 Å². The fourth-order valence-electron chi connectivity index (χ4n) is 3.59. The van der Waals surface area contributed by atoms with Crippen LogP contribution in [0.5, 0.6) is 17.2 Å². The van der Waals surface area contributed by atoms with E-state index in [9.17, 15) is 4.79 Å². The van der Waals surface area contributed by atoms with E-state index in [-0.39, 0.29) is 5.91 Å². The summed E-state index contributed by atoms with van der Waals surface area (Å²) in [5.74, 6) is 2.90. The number of anilines is 1. The number of H-pyrrole nitrogens is 1. The minimum Gasteiger partial charge on any atom is -0.494 e. The summed E-state index contributed by atoms with van der Waals surface area (Å²) >= 11 is 0. The summed E-state index contributed by atoms with van der Waals surface area (Å²) in [6, 6.07) is 21.0. The predicted octanol–water partition coefficient (Wildman–Crippen LogP) is 4.80. The average molecular weight is 429 g/mol. The fraction of sp³-hybridized carbons (Fsp3) is 0.200. The van der Waals surface area contributed by atoms with Crippen LogP contribution in [0.3, 0.4) is 0 Å². The molecule has 162 valence electrons. The van der Waals surface area contributed by atoms with Crippen LogP contribution in [0.2, 0.25) is 0 Å². The molecule has 1 aliphatic rings. The number of ether oxygens (including phenoxy) is 3. The molecular weight excluding hydrogens is 406 g/mol. The molecule has 0 spiro atoms. The van der Waals surface area contributed by atoms with Gasteiger partial charge in [0.15, 0.2) is 11.5 Å². The van der Waals surface area contributed by atoms with Crippen LogP contribution in [0.25, 0.3) is 22.4 Å². The predicted molar refractivity (Wildman–Crippen MR) is 122 cm³/mol. The number of nitrogens with zero attached hydrogens (tertiary/aromatic N) is 1. The van der Waals surface area contributed by atoms with Gasteiger partial charge in [0.1, 0.15) is 24.8 Å². The molecule has 2 N–H and O–H groups in total. The monoisotopic (exact) mass is 429 g/mol. The summed E-state index contributed by atoms with van der Waals surface area (Å²) < 4.78 is 16.9. The van der Waals surface area contributed by atoms with Crippen LogP contribution >= 0.6 is 0 Å². The molecule has 5 rings (SSSR count). The average Bonchev–Trinajstić information content (AvgIpc) is 3.24. The quantitative estimate of drug-likeness (QED) is 0.412. The maximum absolute atomic E-state index is 12.3. The second kappa shape index (κ2) is 9.01. The molecule has 1 aliphatic heterocycles. The molecule has 0 bridgehead atoms. The van der Waals surface area contributed by atoms with Gasteiger partial charge < -0.3 is 24.5 Å². The highest BCUT2D eigenvalue weighted by molar-refractivity contribution is 5.91. The number of amides is 1. The Morgan fingerprint density at radius 1 is 1.00 bits per heavy atom. The van der Waals surface area contributed by atoms with Crippen molar-refractivity contribution in [1.82, 2.24) is 9.97 Å². The minimum absolute atomic E-state index is 0.0506. The van der Waals surface area contributed by atoms with Crippen molar-refractivity contribution >= 4 is 22.6 Å². The zero-order valence-electron chi connectivity index (χ0n) is 17.5. The van der Waals surface area contributed by atoms with Gasteiger partial charge >= 0.3 is 0 Å². The van der Waals surface area contributed by atoms with Crippen LogP contribution < -0.4 is 19.5 Å². The first-order chi connectivity index (χ1) is 15.7. The number of imidazole rings is 1. The Balaban J connectivity index is 1.22. The molecule has 0 atom stereocenters. The minimum atomic E-state index is -0.0506. The second-order valence-electron chi connectivity index (χ2n) is 7.49. The molecule has 0 unspecified atom stereocenters. The van der Waals surface area contributed by atoms with Gasteiger partial charge in [0.2, 0.25) is 5.91 Å². The van der Waals surface area contributed by atoms with Gasteiger partial charge in [0.05, 0.1) is 17.6 Å². The van der Waals surface area contributed by atoms with Crippen LogP contribution in [-0.2, 0) is 4.79 Å². The summed E-state index contributed by atoms with van der Waals surface area (Å²) in [5.41, 5.74) is 3.28. The summed E-state index contributed by atoms with van der Waals surface area (Å²) in [6.45, 7) is 1.57. The van der Waals surface area contributed by atoms with E-state index in [1.807, 2.05) is 66.7 Å². The van der Waals surface area contributed by atoms with Crippen LogP contribution in [0, 0.1) is 0 Å². The van der Waals surface area contributed by atoms with E-state index < -0.39 is 0 Å². The Kier molecular flexibility index (Phi) is 5.61. The smallest absolute Gasteiger partial charge is 0.224 e. The molecule has 0 radical (unpaired) electrons. The molecule has 2 heterocycles. The molecule has 4 aromatic rings. The van der Waals surface area contributed by atoms with E-state index in [4.69, 9.17) is 14.2 Å². The Morgan fingerprint density at radius 3 is 2.66 bits per heavy atom. The van der Waals surface area contributed by atoms with E-state index in [0.29, 0.717) is 38.4 Å². The Labute approximate surface area is 185 Å². The SMILES string of the molecule is O=C(CCCOc1ccccc1)Nc1cccc(-c2nc3cc4c(cc3[nH]2)OCCO4)c1. The third-order valence-electron chi connectivity index (χ3n) is 5.13. The maximum atomic E-state index is 12.3. The van der Waals surface area contributed by atoms with E-state index in [1.54, 1.807) is 0 Å². The highest BCUT2D eigenvalue weighted by atomic mass is 16.6. The lowest BCUT2D eigenvalue weighted by Crippen LogP contribution is -2.15. The van der Waals surface area contributed by atoms with Gasteiger partial charge in [0, 0.05) is 29.8 Å². The van der Waals surface area contributed by atoms with Crippen LogP contribution in [0.4, 0.5) is 5.69 Å². The van der Waals surface area contributed by atoms with E-state index in [1.165, 1.54) is 0 Å². The fourth-order valence-corrected chi connectivity index (χ4v) is 3.59. The molecule has 0 aliphatic carbocycles. The maximum Gasteiger partial charge on any atom is 0.224 e. The molecule has 7 nitrogen and oxygen atoms in total. The highest BCUT2D eigenvalue weighted by Crippen LogP contribution is 2.35. The van der Waals surface area contributed by atoms with E-state index >= 15 is 0 Å². The van der Waals surface area contributed by atoms with Gasteiger partial charge in [0.25, 0.3) is 0 Å². The number of nitrogens with one attached hydrogen (secondary N) is 2. The lowest BCUT2D eigenvalue weighted by Gasteiger charge is -2.17. The van der Waals surface area contributed by atoms with Crippen LogP contribution in [0.15, 0.2) is 66.7 Å². The second-order valence-corrected chi connectivity index (χ2v) is 7.49. The summed E-state index contributed by atoms with van der Waals surface area (Å²) in [4.78, 5) is 20.3. The molecular formula is C25H23N3O4. The molecule has 1 aromatic heterocycles. The van der Waals surface area contributed by atoms with Gasteiger partial charge in [-0.2, -0.15) is 0 Å². The zero-order chi connectivity index (χ0) is 21.8. The topological polar surface area (TPSA) is 85.5 Å². The molecule has 0 fully saturated rings. The third-order valence-corrected chi connectivity index (χ3v) is 5.13. The number of fused-ring (bicyclic) bond motifs is 2. The number of carbonyl (C=O) groups excluding carboxylic acids is 1. The number of rotatable bonds is 7. The Morgan fingerprint density at radius 2 is 1.81 bits per heavy atom. The number of aromatic amines is 1. The van der Waals surface area contributed by atoms with E-state index in [0.717, 1.165) is 39.6 Å². The third kappa shape index (κ3) is 4.51. The first-order valence-electron chi connectivity index (χ1n) is 10.6. The molecule has 3 aromatic carbocycles. The number of hydrogen-bond donors (Lipinski definition) is 2. The number of hydrogen-bond acceptors (Lipinski definition) is 5. The first kappa shape index (κ1) is 19.9. The van der Waals surface area contributed by atoms with Gasteiger partial charge in [-0.25, -0.2) is 4.98 Å². The number of benzene rings is 3. The van der Waals surface area contributed by atoms with Crippen molar-refractivity contribution in [3.8, 4) is 28.6 Å². The van der Waals surface area contributed by atoms with Crippen molar-refractivity contribution in [2.45, 2.75) is 12.8 Å². The lowest BCUT2D eigenvalue weighted by molar-refractivity contribution is -0.116. The van der Waals surface area contributed by atoms with Crippen molar-refractivity contribution in [3.05, 3.63) is 66.7 Å². The molecule has 7 heteroatoms. The van der Waals surface area contributed by atoms with Gasteiger partial charge in [-0.15, -0.1) is 0 Å². The van der Waals surface area contributed by atoms with Crippen LogP contribution in [-0.4, -0.2) is 35.7 Å². The number of carbonyl (C=O) groups is 1. The highest BCUT2D eigenvalue weighted by Gasteiger charge is 2.15. The van der Waals surface area contributed by atoms with Crippen molar-refractivity contribution in [1.29, 1.82) is 0 Å². The summed E-state index contributed by atoms with van der Waals surface area (Å²) in [6.07, 6.45) is 1.02. The number of aromatic nitrogens is 2. The lowest BCUT2D eigenvalue weighted by atomic mass is 10.2. The van der Waals surface area contributed by atoms with Crippen molar-refractivity contribution in [3.63, 3.8) is 0 Å². The van der Waals surface area contributed by atoms with Crippen molar-refractivity contribution in [2.75, 3.05) is 25.1 Å². The number of para-hydroxylation sites is 1. The molecule has 0 saturated heterocycles. The zero-order valence-corrected chi connectivity index (χ0v) is 17.5.